The zero-order chi connectivity index (χ0) is 20.1. The Balaban J connectivity index is 1.73. The fourth-order valence-electron chi connectivity index (χ4n) is 2.58. The van der Waals surface area contributed by atoms with E-state index < -0.39 is 5.97 Å². The molecule has 0 bridgehead atoms. The molecule has 3 aromatic rings. The van der Waals surface area contributed by atoms with Gasteiger partial charge in [0.25, 0.3) is 0 Å². The molecule has 0 atom stereocenters. The lowest BCUT2D eigenvalue weighted by atomic mass is 10.1. The van der Waals surface area contributed by atoms with Crippen molar-refractivity contribution in [3.8, 4) is 5.75 Å². The summed E-state index contributed by atoms with van der Waals surface area (Å²) in [6, 6.07) is 17.7. The Bertz CT molecular complexity index is 1010. The molecule has 0 saturated carbocycles. The monoisotopic (exact) mass is 479 g/mol. The Morgan fingerprint density at radius 3 is 2.61 bits per heavy atom. The Morgan fingerprint density at radius 1 is 1.04 bits per heavy atom. The van der Waals surface area contributed by atoms with Gasteiger partial charge in [-0.25, -0.2) is 4.79 Å². The first-order valence-electron chi connectivity index (χ1n) is 8.35. The molecule has 2 N–H and O–H groups in total. The Morgan fingerprint density at radius 2 is 1.86 bits per heavy atom. The van der Waals surface area contributed by atoms with Crippen LogP contribution in [0, 0.1) is 0 Å². The second-order valence-electron chi connectivity index (χ2n) is 6.02. The molecule has 0 amide bonds. The average Bonchev–Trinajstić information content (AvgIpc) is 2.67. The molecule has 0 spiro atoms. The number of ether oxygens (including phenoxy) is 1. The second-order valence-corrected chi connectivity index (χ2v) is 7.78. The molecular weight excluding hydrogens is 465 g/mol. The van der Waals surface area contributed by atoms with E-state index >= 15 is 0 Å². The van der Waals surface area contributed by atoms with Gasteiger partial charge in [0.05, 0.1) is 5.56 Å². The van der Waals surface area contributed by atoms with Crippen molar-refractivity contribution in [1.29, 1.82) is 0 Å². The molecule has 0 radical (unpaired) electrons. The van der Waals surface area contributed by atoms with Crippen LogP contribution in [0.2, 0.25) is 10.0 Å². The van der Waals surface area contributed by atoms with Gasteiger partial charge in [0.1, 0.15) is 12.4 Å². The third-order valence-electron chi connectivity index (χ3n) is 4.01. The molecule has 0 aliphatic heterocycles. The lowest BCUT2D eigenvalue weighted by Crippen LogP contribution is -2.05. The second kappa shape index (κ2) is 9.32. The molecule has 3 rings (SSSR count). The normalized spacial score (nSPS) is 10.5. The fraction of sp³-hybridized carbons (Fsp3) is 0.0952. The molecule has 0 saturated heterocycles. The van der Waals surface area contributed by atoms with E-state index in [4.69, 9.17) is 33.0 Å². The van der Waals surface area contributed by atoms with Gasteiger partial charge >= 0.3 is 5.97 Å². The average molecular weight is 481 g/mol. The zero-order valence-corrected chi connectivity index (χ0v) is 17.7. The number of carboxylic acid groups (broad SMARTS) is 1. The van der Waals surface area contributed by atoms with Crippen LogP contribution in [0.4, 0.5) is 5.69 Å². The van der Waals surface area contributed by atoms with Gasteiger partial charge in [0.15, 0.2) is 0 Å². The summed E-state index contributed by atoms with van der Waals surface area (Å²) in [5.41, 5.74) is 2.70. The van der Waals surface area contributed by atoms with E-state index in [0.29, 0.717) is 34.6 Å². The van der Waals surface area contributed by atoms with Crippen molar-refractivity contribution >= 4 is 50.8 Å². The number of aromatic carboxylic acids is 1. The minimum Gasteiger partial charge on any atom is -0.488 e. The van der Waals surface area contributed by atoms with Crippen LogP contribution in [-0.4, -0.2) is 11.1 Å². The molecule has 4 nitrogen and oxygen atoms in total. The zero-order valence-electron chi connectivity index (χ0n) is 14.6. The highest BCUT2D eigenvalue weighted by Gasteiger charge is 2.09. The fourth-order valence-corrected chi connectivity index (χ4v) is 3.45. The largest absolute Gasteiger partial charge is 0.488 e. The van der Waals surface area contributed by atoms with Gasteiger partial charge < -0.3 is 15.2 Å². The maximum absolute atomic E-state index is 11.1. The molecule has 144 valence electrons. The maximum Gasteiger partial charge on any atom is 0.335 e. The van der Waals surface area contributed by atoms with Crippen LogP contribution in [-0.2, 0) is 13.2 Å². The third kappa shape index (κ3) is 5.41. The van der Waals surface area contributed by atoms with Crippen LogP contribution >= 0.6 is 39.1 Å². The van der Waals surface area contributed by atoms with Gasteiger partial charge in [0, 0.05) is 37.9 Å². The maximum atomic E-state index is 11.1. The lowest BCUT2D eigenvalue weighted by molar-refractivity contribution is 0.0697. The molecule has 0 aromatic heterocycles. The van der Waals surface area contributed by atoms with Crippen molar-refractivity contribution in [1.82, 2.24) is 0 Å². The number of carboxylic acids is 1. The van der Waals surface area contributed by atoms with E-state index in [1.165, 1.54) is 0 Å². The Hall–Kier alpha value is -2.21. The summed E-state index contributed by atoms with van der Waals surface area (Å²) in [4.78, 5) is 11.1. The number of hydrogen-bond donors (Lipinski definition) is 2. The molecule has 28 heavy (non-hydrogen) atoms. The Labute approximate surface area is 181 Å². The van der Waals surface area contributed by atoms with Crippen molar-refractivity contribution in [2.45, 2.75) is 13.2 Å². The van der Waals surface area contributed by atoms with Gasteiger partial charge in [-0.15, -0.1) is 0 Å². The quantitative estimate of drug-likeness (QED) is 0.397. The number of rotatable bonds is 7. The summed E-state index contributed by atoms with van der Waals surface area (Å²) in [5, 5.41) is 13.5. The third-order valence-corrected chi connectivity index (χ3v) is 5.09. The van der Waals surface area contributed by atoms with Crippen molar-refractivity contribution in [2.24, 2.45) is 0 Å². The molecule has 3 aromatic carbocycles. The van der Waals surface area contributed by atoms with Gasteiger partial charge in [-0.3, -0.25) is 0 Å². The molecule has 0 aliphatic rings. The minimum absolute atomic E-state index is 0.230. The van der Waals surface area contributed by atoms with E-state index in [0.717, 1.165) is 15.6 Å². The van der Waals surface area contributed by atoms with Crippen molar-refractivity contribution in [2.75, 3.05) is 5.32 Å². The summed E-state index contributed by atoms with van der Waals surface area (Å²) >= 11 is 15.6. The van der Waals surface area contributed by atoms with E-state index in [2.05, 4.69) is 21.2 Å². The first kappa shape index (κ1) is 20.5. The van der Waals surface area contributed by atoms with Gasteiger partial charge in [-0.2, -0.15) is 0 Å². The number of nitrogens with one attached hydrogen (secondary N) is 1. The summed E-state index contributed by atoms with van der Waals surface area (Å²) < 4.78 is 6.88. The summed E-state index contributed by atoms with van der Waals surface area (Å²) in [5.74, 6) is -0.258. The number of benzene rings is 3. The molecule has 0 fully saturated rings. The van der Waals surface area contributed by atoms with E-state index in [9.17, 15) is 4.79 Å². The SMILES string of the molecule is O=C(O)c1cccc(NCc2cc(Br)ccc2OCc2ccc(Cl)cc2Cl)c1. The van der Waals surface area contributed by atoms with Crippen LogP contribution in [0.5, 0.6) is 5.75 Å². The molecule has 0 heterocycles. The highest BCUT2D eigenvalue weighted by Crippen LogP contribution is 2.27. The van der Waals surface area contributed by atoms with Crippen molar-refractivity contribution in [3.05, 3.63) is 91.9 Å². The van der Waals surface area contributed by atoms with Crippen LogP contribution in [0.25, 0.3) is 0 Å². The number of halogens is 3. The van der Waals surface area contributed by atoms with E-state index in [1.807, 2.05) is 30.3 Å². The number of anilines is 1. The topological polar surface area (TPSA) is 58.6 Å². The summed E-state index contributed by atoms with van der Waals surface area (Å²) in [6.07, 6.45) is 0. The standard InChI is InChI=1S/C21H16BrCl2NO3/c22-16-5-7-20(28-12-14-4-6-17(23)10-19(14)24)15(8-16)11-25-18-3-1-2-13(9-18)21(26)27/h1-10,25H,11-12H2,(H,26,27). The predicted octanol–water partition coefficient (Wildman–Crippen LogP) is 6.65. The Kier molecular flexibility index (Phi) is 6.83. The van der Waals surface area contributed by atoms with E-state index in [1.54, 1.807) is 30.3 Å². The minimum atomic E-state index is -0.963. The van der Waals surface area contributed by atoms with Crippen LogP contribution < -0.4 is 10.1 Å². The highest BCUT2D eigenvalue weighted by molar-refractivity contribution is 9.10. The predicted molar refractivity (Wildman–Crippen MR) is 116 cm³/mol. The van der Waals surface area contributed by atoms with Gasteiger partial charge in [-0.1, -0.05) is 51.3 Å². The molecule has 0 unspecified atom stereocenters. The number of hydrogen-bond acceptors (Lipinski definition) is 3. The summed E-state index contributed by atoms with van der Waals surface area (Å²) in [7, 11) is 0. The smallest absolute Gasteiger partial charge is 0.335 e. The molecule has 0 aliphatic carbocycles. The van der Waals surface area contributed by atoms with Crippen molar-refractivity contribution in [3.63, 3.8) is 0 Å². The first-order chi connectivity index (χ1) is 13.4. The van der Waals surface area contributed by atoms with Gasteiger partial charge in [0.2, 0.25) is 0 Å². The van der Waals surface area contributed by atoms with Crippen LogP contribution in [0.15, 0.2) is 65.1 Å². The number of carbonyl (C=O) groups is 1. The molecular formula is C21H16BrCl2NO3. The molecule has 7 heteroatoms. The lowest BCUT2D eigenvalue weighted by Gasteiger charge is -2.14. The van der Waals surface area contributed by atoms with Crippen LogP contribution in [0.3, 0.4) is 0 Å². The van der Waals surface area contributed by atoms with Gasteiger partial charge in [-0.05, 0) is 48.5 Å². The summed E-state index contributed by atoms with van der Waals surface area (Å²) in [6.45, 7) is 0.769. The van der Waals surface area contributed by atoms with Crippen molar-refractivity contribution < 1.29 is 14.6 Å². The highest BCUT2D eigenvalue weighted by atomic mass is 79.9. The van der Waals surface area contributed by atoms with Crippen LogP contribution in [0.1, 0.15) is 21.5 Å². The van der Waals surface area contributed by atoms with E-state index in [-0.39, 0.29) is 5.56 Å². The first-order valence-corrected chi connectivity index (χ1v) is 9.89.